The van der Waals surface area contributed by atoms with E-state index in [1.54, 1.807) is 19.1 Å². The molecule has 0 bridgehead atoms. The van der Waals surface area contributed by atoms with Gasteiger partial charge in [-0.3, -0.25) is 19.9 Å². The van der Waals surface area contributed by atoms with Gasteiger partial charge < -0.3 is 5.32 Å². The summed E-state index contributed by atoms with van der Waals surface area (Å²) in [7, 11) is 0. The predicted molar refractivity (Wildman–Crippen MR) is 74.8 cm³/mol. The summed E-state index contributed by atoms with van der Waals surface area (Å²) in [6, 6.07) is 9.03. The van der Waals surface area contributed by atoms with E-state index in [4.69, 9.17) is 0 Å². The number of pyridine rings is 1. The van der Waals surface area contributed by atoms with Crippen LogP contribution in [0.4, 0.5) is 11.4 Å². The minimum Gasteiger partial charge on any atom is -0.320 e. The van der Waals surface area contributed by atoms with Crippen LogP contribution in [-0.4, -0.2) is 15.8 Å². The molecule has 20 heavy (non-hydrogen) atoms. The summed E-state index contributed by atoms with van der Waals surface area (Å²) in [5, 5.41) is 13.3. The number of nitro benzene ring substituents is 1. The van der Waals surface area contributed by atoms with Crippen molar-refractivity contribution in [3.8, 4) is 0 Å². The van der Waals surface area contributed by atoms with Crippen LogP contribution >= 0.6 is 0 Å². The van der Waals surface area contributed by atoms with Gasteiger partial charge >= 0.3 is 0 Å². The number of carbonyl (C=O) groups is 1. The quantitative estimate of drug-likeness (QED) is 0.687. The zero-order valence-corrected chi connectivity index (χ0v) is 11.1. The Kier molecular flexibility index (Phi) is 3.74. The van der Waals surface area contributed by atoms with Crippen molar-refractivity contribution in [2.75, 3.05) is 5.32 Å². The number of anilines is 1. The molecule has 0 aliphatic rings. The van der Waals surface area contributed by atoms with Crippen LogP contribution in [0.3, 0.4) is 0 Å². The number of hydrogen-bond donors (Lipinski definition) is 1. The summed E-state index contributed by atoms with van der Waals surface area (Å²) >= 11 is 0. The number of nitro groups is 1. The molecule has 0 saturated heterocycles. The molecule has 2 aromatic rings. The Bertz CT molecular complexity index is 666. The number of aryl methyl sites for hydroxylation is 2. The number of nitrogens with one attached hydrogen (secondary N) is 1. The number of carbonyl (C=O) groups excluding carboxylic acids is 1. The van der Waals surface area contributed by atoms with E-state index in [1.165, 1.54) is 24.3 Å². The maximum absolute atomic E-state index is 12.0. The number of aromatic nitrogens is 1. The summed E-state index contributed by atoms with van der Waals surface area (Å²) in [5.41, 5.74) is 2.53. The maximum Gasteiger partial charge on any atom is 0.269 e. The van der Waals surface area contributed by atoms with Crippen LogP contribution in [0.25, 0.3) is 0 Å². The molecule has 0 atom stereocenters. The van der Waals surface area contributed by atoms with Crippen LogP contribution in [0.5, 0.6) is 0 Å². The van der Waals surface area contributed by atoms with Crippen molar-refractivity contribution < 1.29 is 9.72 Å². The van der Waals surface area contributed by atoms with E-state index < -0.39 is 4.92 Å². The van der Waals surface area contributed by atoms with Gasteiger partial charge in [-0.25, -0.2) is 0 Å². The molecule has 1 N–H and O–H groups in total. The first-order valence-electron chi connectivity index (χ1n) is 5.97. The summed E-state index contributed by atoms with van der Waals surface area (Å²) in [6.07, 6.45) is 0. The molecule has 0 aliphatic carbocycles. The molecule has 102 valence electrons. The lowest BCUT2D eigenvalue weighted by atomic mass is 10.2. The number of benzene rings is 1. The van der Waals surface area contributed by atoms with Crippen molar-refractivity contribution in [2.45, 2.75) is 13.8 Å². The van der Waals surface area contributed by atoms with E-state index in [-0.39, 0.29) is 11.6 Å². The van der Waals surface area contributed by atoms with Crippen molar-refractivity contribution in [1.29, 1.82) is 0 Å². The van der Waals surface area contributed by atoms with Crippen LogP contribution < -0.4 is 5.32 Å². The second kappa shape index (κ2) is 5.48. The minimum atomic E-state index is -0.504. The molecule has 6 nitrogen and oxygen atoms in total. The number of nitrogens with zero attached hydrogens (tertiary/aromatic N) is 2. The Morgan fingerprint density at radius 3 is 2.35 bits per heavy atom. The standard InChI is InChI=1S/C14H13N3O3/c1-9-3-8-13(10(2)15-9)16-14(18)11-4-6-12(7-5-11)17(19)20/h3-8H,1-2H3,(H,16,18). The van der Waals surface area contributed by atoms with Gasteiger partial charge in [-0.1, -0.05) is 0 Å². The highest BCUT2D eigenvalue weighted by molar-refractivity contribution is 6.04. The van der Waals surface area contributed by atoms with E-state index in [0.717, 1.165) is 11.4 Å². The third-order valence-corrected chi connectivity index (χ3v) is 2.81. The molecule has 0 fully saturated rings. The van der Waals surface area contributed by atoms with Gasteiger partial charge in [0, 0.05) is 23.4 Å². The fraction of sp³-hybridized carbons (Fsp3) is 0.143. The molecule has 1 amide bonds. The van der Waals surface area contributed by atoms with Crippen molar-refractivity contribution in [1.82, 2.24) is 4.98 Å². The Balaban J connectivity index is 2.17. The first-order chi connectivity index (χ1) is 9.47. The van der Waals surface area contributed by atoms with E-state index in [0.29, 0.717) is 11.3 Å². The Labute approximate surface area is 115 Å². The lowest BCUT2D eigenvalue weighted by Gasteiger charge is -2.08. The van der Waals surface area contributed by atoms with Gasteiger partial charge in [0.25, 0.3) is 11.6 Å². The summed E-state index contributed by atoms with van der Waals surface area (Å²) < 4.78 is 0. The molecule has 1 aromatic carbocycles. The van der Waals surface area contributed by atoms with Gasteiger partial charge in [0.15, 0.2) is 0 Å². The van der Waals surface area contributed by atoms with Crippen LogP contribution in [0.1, 0.15) is 21.7 Å². The first kappa shape index (κ1) is 13.7. The van der Waals surface area contributed by atoms with E-state index >= 15 is 0 Å². The number of amides is 1. The summed E-state index contributed by atoms with van der Waals surface area (Å²) in [6.45, 7) is 3.67. The lowest BCUT2D eigenvalue weighted by molar-refractivity contribution is -0.384. The van der Waals surface area contributed by atoms with Gasteiger partial charge in [-0.2, -0.15) is 0 Å². The topological polar surface area (TPSA) is 85.1 Å². The SMILES string of the molecule is Cc1ccc(NC(=O)c2ccc([N+](=O)[O-])cc2)c(C)n1. The molecule has 6 heteroatoms. The second-order valence-electron chi connectivity index (χ2n) is 4.34. The van der Waals surface area contributed by atoms with E-state index in [1.807, 2.05) is 6.92 Å². The number of non-ortho nitro benzene ring substituents is 1. The third-order valence-electron chi connectivity index (χ3n) is 2.81. The highest BCUT2D eigenvalue weighted by Gasteiger charge is 2.11. The van der Waals surface area contributed by atoms with Crippen molar-refractivity contribution in [3.63, 3.8) is 0 Å². The molecule has 0 unspecified atom stereocenters. The molecule has 2 rings (SSSR count). The molecular weight excluding hydrogens is 258 g/mol. The van der Waals surface area contributed by atoms with Gasteiger partial charge in [-0.05, 0) is 38.1 Å². The number of hydrogen-bond acceptors (Lipinski definition) is 4. The maximum atomic E-state index is 12.0. The fourth-order valence-electron chi connectivity index (χ4n) is 1.75. The van der Waals surface area contributed by atoms with Crippen molar-refractivity contribution in [2.24, 2.45) is 0 Å². The van der Waals surface area contributed by atoms with Crippen LogP contribution in [0.15, 0.2) is 36.4 Å². The molecule has 0 spiro atoms. The predicted octanol–water partition coefficient (Wildman–Crippen LogP) is 2.86. The first-order valence-corrected chi connectivity index (χ1v) is 5.97. The fourth-order valence-corrected chi connectivity index (χ4v) is 1.75. The number of rotatable bonds is 3. The van der Waals surface area contributed by atoms with Crippen LogP contribution in [-0.2, 0) is 0 Å². The molecule has 1 heterocycles. The summed E-state index contributed by atoms with van der Waals surface area (Å²) in [4.78, 5) is 26.3. The second-order valence-corrected chi connectivity index (χ2v) is 4.34. The van der Waals surface area contributed by atoms with Gasteiger partial charge in [-0.15, -0.1) is 0 Å². The van der Waals surface area contributed by atoms with Gasteiger partial charge in [0.05, 0.1) is 16.3 Å². The van der Waals surface area contributed by atoms with Crippen molar-refractivity contribution >= 4 is 17.3 Å². The molecular formula is C14H13N3O3. The zero-order chi connectivity index (χ0) is 14.7. The molecule has 0 radical (unpaired) electrons. The minimum absolute atomic E-state index is 0.0465. The monoisotopic (exact) mass is 271 g/mol. The Morgan fingerprint density at radius 2 is 1.80 bits per heavy atom. The Morgan fingerprint density at radius 1 is 1.15 bits per heavy atom. The average molecular weight is 271 g/mol. The molecule has 1 aromatic heterocycles. The van der Waals surface area contributed by atoms with Gasteiger partial charge in [0.2, 0.25) is 0 Å². The largest absolute Gasteiger partial charge is 0.320 e. The Hall–Kier alpha value is -2.76. The normalized spacial score (nSPS) is 10.1. The van der Waals surface area contributed by atoms with Gasteiger partial charge in [0.1, 0.15) is 0 Å². The van der Waals surface area contributed by atoms with Crippen LogP contribution in [0, 0.1) is 24.0 Å². The van der Waals surface area contributed by atoms with Crippen LogP contribution in [0.2, 0.25) is 0 Å². The molecule has 0 aliphatic heterocycles. The highest BCUT2D eigenvalue weighted by atomic mass is 16.6. The van der Waals surface area contributed by atoms with E-state index in [9.17, 15) is 14.9 Å². The lowest BCUT2D eigenvalue weighted by Crippen LogP contribution is -2.13. The highest BCUT2D eigenvalue weighted by Crippen LogP contribution is 2.16. The molecule has 0 saturated carbocycles. The van der Waals surface area contributed by atoms with E-state index in [2.05, 4.69) is 10.3 Å². The smallest absolute Gasteiger partial charge is 0.269 e. The summed E-state index contributed by atoms with van der Waals surface area (Å²) in [5.74, 6) is -0.325. The zero-order valence-electron chi connectivity index (χ0n) is 11.1. The average Bonchev–Trinajstić information content (AvgIpc) is 2.42. The third kappa shape index (κ3) is 2.97. The van der Waals surface area contributed by atoms with Crippen molar-refractivity contribution in [3.05, 3.63) is 63.5 Å².